The molecule has 0 aliphatic rings. The first-order valence-electron chi connectivity index (χ1n) is 4.50. The molecule has 0 nitrogen and oxygen atoms in total. The largest absolute Gasteiger partial charge is 0.103 e. The first-order valence-corrected chi connectivity index (χ1v) is 4.50. The monoisotopic (exact) mass is 154 g/mol. The van der Waals surface area contributed by atoms with Gasteiger partial charge in [0.25, 0.3) is 0 Å². The van der Waals surface area contributed by atoms with Crippen molar-refractivity contribution in [1.29, 1.82) is 0 Å². The molecule has 0 N–H and O–H groups in total. The Morgan fingerprint density at radius 2 is 1.91 bits per heavy atom. The van der Waals surface area contributed by atoms with Gasteiger partial charge in [0, 0.05) is 0 Å². The van der Waals surface area contributed by atoms with E-state index in [2.05, 4.69) is 27.0 Å². The molecule has 0 aliphatic carbocycles. The van der Waals surface area contributed by atoms with Crippen LogP contribution in [0, 0.1) is 5.92 Å². The Kier molecular flexibility index (Phi) is 11.3. The highest BCUT2D eigenvalue weighted by Crippen LogP contribution is 2.15. The molecule has 0 aromatic rings. The van der Waals surface area contributed by atoms with Crippen LogP contribution in [0.1, 0.15) is 40.5 Å². The minimum absolute atomic E-state index is 0.618. The highest BCUT2D eigenvalue weighted by molar-refractivity contribution is 4.99. The van der Waals surface area contributed by atoms with Gasteiger partial charge in [0.1, 0.15) is 0 Å². The average molecular weight is 154 g/mol. The Balaban J connectivity index is 0. The van der Waals surface area contributed by atoms with Crippen LogP contribution in [0.4, 0.5) is 0 Å². The summed E-state index contributed by atoms with van der Waals surface area (Å²) >= 11 is 0. The van der Waals surface area contributed by atoms with Gasteiger partial charge in [0.05, 0.1) is 0 Å². The van der Waals surface area contributed by atoms with E-state index in [4.69, 9.17) is 0 Å². The molecule has 0 aromatic carbocycles. The van der Waals surface area contributed by atoms with E-state index in [9.17, 15) is 0 Å². The third-order valence-electron chi connectivity index (χ3n) is 1.67. The number of rotatable bonds is 4. The van der Waals surface area contributed by atoms with Crippen LogP contribution in [0.15, 0.2) is 24.8 Å². The van der Waals surface area contributed by atoms with Crippen molar-refractivity contribution in [2.75, 3.05) is 0 Å². The predicted octanol–water partition coefficient (Wildman–Crippen LogP) is 4.19. The molecule has 0 saturated carbocycles. The first-order chi connectivity index (χ1) is 5.22. The van der Waals surface area contributed by atoms with Crippen molar-refractivity contribution >= 4 is 0 Å². The molecule has 0 heteroatoms. The zero-order chi connectivity index (χ0) is 9.28. The highest BCUT2D eigenvalue weighted by atomic mass is 14.1. The zero-order valence-electron chi connectivity index (χ0n) is 8.48. The lowest BCUT2D eigenvalue weighted by molar-refractivity contribution is 0.672. The number of allylic oxidation sites excluding steroid dienone is 2. The molecule has 0 unspecified atom stereocenters. The fourth-order valence-electron chi connectivity index (χ4n) is 0.765. The lowest BCUT2D eigenvalue weighted by Crippen LogP contribution is -1.94. The normalized spacial score (nSPS) is 10.9. The van der Waals surface area contributed by atoms with E-state index in [1.54, 1.807) is 0 Å². The first kappa shape index (κ1) is 13.1. The van der Waals surface area contributed by atoms with Gasteiger partial charge < -0.3 is 0 Å². The summed E-state index contributed by atoms with van der Waals surface area (Å²) in [5.41, 5.74) is 1.33. The summed E-state index contributed by atoms with van der Waals surface area (Å²) in [7, 11) is 0. The summed E-state index contributed by atoms with van der Waals surface area (Å²) in [4.78, 5) is 0. The van der Waals surface area contributed by atoms with Crippen LogP contribution in [0.5, 0.6) is 0 Å². The third-order valence-corrected chi connectivity index (χ3v) is 1.67. The van der Waals surface area contributed by atoms with Crippen LogP contribution < -0.4 is 0 Å². The Hall–Kier alpha value is -0.520. The molecule has 11 heavy (non-hydrogen) atoms. The Labute approximate surface area is 72.0 Å². The van der Waals surface area contributed by atoms with E-state index >= 15 is 0 Å². The molecule has 0 amide bonds. The minimum Gasteiger partial charge on any atom is -0.103 e. The van der Waals surface area contributed by atoms with Gasteiger partial charge in [-0.3, -0.25) is 0 Å². The topological polar surface area (TPSA) is 0 Å². The SMILES string of the molecule is C=CC[C@H](C)C(=C)CC.CC. The maximum atomic E-state index is 3.94. The van der Waals surface area contributed by atoms with Crippen LogP contribution in [0.3, 0.4) is 0 Å². The van der Waals surface area contributed by atoms with E-state index in [1.165, 1.54) is 5.57 Å². The lowest BCUT2D eigenvalue weighted by Gasteiger charge is -2.08. The van der Waals surface area contributed by atoms with Crippen molar-refractivity contribution in [2.24, 2.45) is 5.92 Å². The molecule has 0 radical (unpaired) electrons. The summed E-state index contributed by atoms with van der Waals surface area (Å²) in [6.45, 7) is 15.9. The van der Waals surface area contributed by atoms with E-state index in [1.807, 2.05) is 19.9 Å². The maximum Gasteiger partial charge on any atom is -0.0200 e. The fourth-order valence-corrected chi connectivity index (χ4v) is 0.765. The molecular weight excluding hydrogens is 132 g/mol. The van der Waals surface area contributed by atoms with Crippen molar-refractivity contribution < 1.29 is 0 Å². The van der Waals surface area contributed by atoms with Crippen LogP contribution in [-0.4, -0.2) is 0 Å². The molecule has 0 spiro atoms. The highest BCUT2D eigenvalue weighted by Gasteiger charge is 2.00. The third kappa shape index (κ3) is 7.38. The van der Waals surface area contributed by atoms with Gasteiger partial charge in [-0.15, -0.1) is 6.58 Å². The van der Waals surface area contributed by atoms with E-state index in [0.29, 0.717) is 5.92 Å². The van der Waals surface area contributed by atoms with Gasteiger partial charge in [0.2, 0.25) is 0 Å². The predicted molar refractivity (Wildman–Crippen MR) is 54.8 cm³/mol. The van der Waals surface area contributed by atoms with Crippen LogP contribution in [0.25, 0.3) is 0 Å². The molecule has 0 bridgehead atoms. The Morgan fingerprint density at radius 1 is 1.45 bits per heavy atom. The van der Waals surface area contributed by atoms with Gasteiger partial charge in [-0.2, -0.15) is 0 Å². The molecular formula is C11H22. The summed E-state index contributed by atoms with van der Waals surface area (Å²) in [5, 5.41) is 0. The van der Waals surface area contributed by atoms with Crippen molar-refractivity contribution in [3.05, 3.63) is 24.8 Å². The molecule has 0 rings (SSSR count). The molecule has 0 saturated heterocycles. The van der Waals surface area contributed by atoms with Crippen molar-refractivity contribution in [2.45, 2.75) is 40.5 Å². The fraction of sp³-hybridized carbons (Fsp3) is 0.636. The second-order valence-corrected chi connectivity index (χ2v) is 2.44. The van der Waals surface area contributed by atoms with Crippen LogP contribution >= 0.6 is 0 Å². The quantitative estimate of drug-likeness (QED) is 0.533. The van der Waals surface area contributed by atoms with E-state index in [-0.39, 0.29) is 0 Å². The Bertz CT molecular complexity index is 101. The molecule has 66 valence electrons. The summed E-state index contributed by atoms with van der Waals surface area (Å²) in [5.74, 6) is 0.618. The van der Waals surface area contributed by atoms with E-state index in [0.717, 1.165) is 12.8 Å². The van der Waals surface area contributed by atoms with Gasteiger partial charge in [0.15, 0.2) is 0 Å². The van der Waals surface area contributed by atoms with Gasteiger partial charge in [-0.25, -0.2) is 0 Å². The number of hydrogen-bond donors (Lipinski definition) is 0. The maximum absolute atomic E-state index is 3.94. The average Bonchev–Trinajstić information content (AvgIpc) is 2.07. The lowest BCUT2D eigenvalue weighted by atomic mass is 9.97. The number of hydrogen-bond acceptors (Lipinski definition) is 0. The summed E-state index contributed by atoms with van der Waals surface area (Å²) < 4.78 is 0. The minimum atomic E-state index is 0.618. The standard InChI is InChI=1S/C9H16.C2H6/c1-5-7-9(4)8(3)6-2;1-2/h5,9H,1,3,6-7H2,2,4H3;1-2H3/t9-;/m0./s1. The van der Waals surface area contributed by atoms with Crippen LogP contribution in [-0.2, 0) is 0 Å². The molecule has 0 aliphatic heterocycles. The van der Waals surface area contributed by atoms with Crippen molar-refractivity contribution in [3.63, 3.8) is 0 Å². The van der Waals surface area contributed by atoms with Gasteiger partial charge >= 0.3 is 0 Å². The van der Waals surface area contributed by atoms with Crippen molar-refractivity contribution in [1.82, 2.24) is 0 Å². The van der Waals surface area contributed by atoms with Gasteiger partial charge in [-0.1, -0.05) is 45.9 Å². The molecule has 1 atom stereocenters. The summed E-state index contributed by atoms with van der Waals surface area (Å²) in [6.07, 6.45) is 4.10. The van der Waals surface area contributed by atoms with Gasteiger partial charge in [-0.05, 0) is 18.8 Å². The Morgan fingerprint density at radius 3 is 2.18 bits per heavy atom. The zero-order valence-corrected chi connectivity index (χ0v) is 8.48. The summed E-state index contributed by atoms with van der Waals surface area (Å²) in [6, 6.07) is 0. The molecule has 0 aromatic heterocycles. The molecule has 0 fully saturated rings. The second kappa shape index (κ2) is 9.48. The second-order valence-electron chi connectivity index (χ2n) is 2.44. The van der Waals surface area contributed by atoms with E-state index < -0.39 is 0 Å². The van der Waals surface area contributed by atoms with Crippen LogP contribution in [0.2, 0.25) is 0 Å². The molecule has 0 heterocycles. The van der Waals surface area contributed by atoms with Crippen molar-refractivity contribution in [3.8, 4) is 0 Å². The smallest absolute Gasteiger partial charge is 0.0200 e.